The van der Waals surface area contributed by atoms with Gasteiger partial charge in [0.2, 0.25) is 5.88 Å². The van der Waals surface area contributed by atoms with Crippen molar-refractivity contribution >= 4 is 5.82 Å². The van der Waals surface area contributed by atoms with Crippen molar-refractivity contribution in [3.63, 3.8) is 0 Å². The van der Waals surface area contributed by atoms with Crippen molar-refractivity contribution in [3.8, 4) is 5.88 Å². The summed E-state index contributed by atoms with van der Waals surface area (Å²) in [6.07, 6.45) is 6.25. The van der Waals surface area contributed by atoms with E-state index in [1.807, 2.05) is 6.07 Å². The zero-order valence-corrected chi connectivity index (χ0v) is 11.0. The lowest BCUT2D eigenvalue weighted by Gasteiger charge is -2.11. The highest BCUT2D eigenvalue weighted by molar-refractivity contribution is 5.36. The Labute approximate surface area is 108 Å². The number of nitrogens with one attached hydrogen (secondary N) is 2. The van der Waals surface area contributed by atoms with Gasteiger partial charge in [-0.1, -0.05) is 6.92 Å². The molecule has 0 aromatic carbocycles. The normalized spacial score (nSPS) is 18.8. The Morgan fingerprint density at radius 1 is 1.50 bits per heavy atom. The highest BCUT2D eigenvalue weighted by Gasteiger charge is 2.12. The number of aromatic nitrogens is 2. The average molecular weight is 250 g/mol. The van der Waals surface area contributed by atoms with Crippen molar-refractivity contribution < 1.29 is 4.74 Å². The Morgan fingerprint density at radius 3 is 3.22 bits per heavy atom. The Kier molecular flexibility index (Phi) is 5.20. The van der Waals surface area contributed by atoms with Crippen molar-refractivity contribution in [2.45, 2.75) is 38.6 Å². The van der Waals surface area contributed by atoms with Crippen molar-refractivity contribution in [1.82, 2.24) is 15.3 Å². The lowest BCUT2D eigenvalue weighted by molar-refractivity contribution is 0.305. The molecule has 1 aromatic rings. The number of rotatable bonds is 7. The number of hydrogen-bond donors (Lipinski definition) is 2. The van der Waals surface area contributed by atoms with Gasteiger partial charge >= 0.3 is 0 Å². The minimum absolute atomic E-state index is 0.647. The lowest BCUT2D eigenvalue weighted by Crippen LogP contribution is -2.24. The molecule has 0 spiro atoms. The first-order chi connectivity index (χ1) is 8.88. The topological polar surface area (TPSA) is 59.1 Å². The fraction of sp³-hybridized carbons (Fsp3) is 0.692. The molecule has 1 fully saturated rings. The number of anilines is 1. The summed E-state index contributed by atoms with van der Waals surface area (Å²) >= 11 is 0. The van der Waals surface area contributed by atoms with Gasteiger partial charge in [0, 0.05) is 18.7 Å². The van der Waals surface area contributed by atoms with Gasteiger partial charge < -0.3 is 15.4 Å². The zero-order chi connectivity index (χ0) is 12.6. The number of nitrogens with zero attached hydrogens (tertiary/aromatic N) is 2. The molecule has 0 amide bonds. The maximum Gasteiger partial charge on any atom is 0.218 e. The third-order valence-corrected chi connectivity index (χ3v) is 3.06. The average Bonchev–Trinajstić information content (AvgIpc) is 2.90. The maximum atomic E-state index is 5.47. The van der Waals surface area contributed by atoms with E-state index in [-0.39, 0.29) is 0 Å². The summed E-state index contributed by atoms with van der Waals surface area (Å²) in [7, 11) is 0. The second-order valence-corrected chi connectivity index (χ2v) is 4.60. The molecule has 1 atom stereocenters. The standard InChI is InChI=1S/C13H22N4O/c1-2-8-18-13-9-12(16-10-17-13)15-7-5-11-4-3-6-14-11/h9-11,14H,2-8H2,1H3,(H,15,16,17). The summed E-state index contributed by atoms with van der Waals surface area (Å²) in [6.45, 7) is 4.87. The molecule has 18 heavy (non-hydrogen) atoms. The van der Waals surface area contributed by atoms with Gasteiger partial charge in [-0.3, -0.25) is 0 Å². The van der Waals surface area contributed by atoms with Crippen LogP contribution in [0.15, 0.2) is 12.4 Å². The van der Waals surface area contributed by atoms with Crippen molar-refractivity contribution in [2.24, 2.45) is 0 Å². The van der Waals surface area contributed by atoms with Gasteiger partial charge in [0.25, 0.3) is 0 Å². The summed E-state index contributed by atoms with van der Waals surface area (Å²) < 4.78 is 5.47. The van der Waals surface area contributed by atoms with E-state index < -0.39 is 0 Å². The van der Waals surface area contributed by atoms with Gasteiger partial charge in [-0.15, -0.1) is 0 Å². The molecular weight excluding hydrogens is 228 g/mol. The Balaban J connectivity index is 1.74. The Bertz CT molecular complexity index is 353. The molecule has 1 aliphatic rings. The molecule has 2 N–H and O–H groups in total. The van der Waals surface area contributed by atoms with Crippen molar-refractivity contribution in [2.75, 3.05) is 25.0 Å². The summed E-state index contributed by atoms with van der Waals surface area (Å²) in [5, 5.41) is 6.80. The van der Waals surface area contributed by atoms with Crippen LogP contribution in [0.25, 0.3) is 0 Å². The quantitative estimate of drug-likeness (QED) is 0.773. The fourth-order valence-corrected chi connectivity index (χ4v) is 2.10. The fourth-order valence-electron chi connectivity index (χ4n) is 2.10. The third-order valence-electron chi connectivity index (χ3n) is 3.06. The smallest absolute Gasteiger partial charge is 0.218 e. The van der Waals surface area contributed by atoms with E-state index in [1.54, 1.807) is 6.33 Å². The molecule has 0 saturated carbocycles. The van der Waals surface area contributed by atoms with Gasteiger partial charge in [-0.25, -0.2) is 9.97 Å². The molecule has 1 aromatic heterocycles. The zero-order valence-electron chi connectivity index (χ0n) is 11.0. The second-order valence-electron chi connectivity index (χ2n) is 4.60. The molecule has 1 saturated heterocycles. The van der Waals surface area contributed by atoms with Gasteiger partial charge in [-0.05, 0) is 32.2 Å². The highest BCUT2D eigenvalue weighted by atomic mass is 16.5. The first-order valence-electron chi connectivity index (χ1n) is 6.80. The van der Waals surface area contributed by atoms with Crippen LogP contribution in [0.4, 0.5) is 5.82 Å². The van der Waals surface area contributed by atoms with Gasteiger partial charge in [0.1, 0.15) is 12.1 Å². The first kappa shape index (κ1) is 13.1. The van der Waals surface area contributed by atoms with E-state index in [4.69, 9.17) is 4.74 Å². The third kappa shape index (κ3) is 4.14. The van der Waals surface area contributed by atoms with Crippen LogP contribution in [-0.2, 0) is 0 Å². The van der Waals surface area contributed by atoms with Crippen molar-refractivity contribution in [1.29, 1.82) is 0 Å². The van der Waals surface area contributed by atoms with E-state index in [9.17, 15) is 0 Å². The molecule has 2 heterocycles. The molecular formula is C13H22N4O. The summed E-state index contributed by atoms with van der Waals surface area (Å²) in [5.74, 6) is 1.49. The second kappa shape index (κ2) is 7.16. The lowest BCUT2D eigenvalue weighted by atomic mass is 10.1. The van der Waals surface area contributed by atoms with E-state index in [1.165, 1.54) is 12.8 Å². The molecule has 0 bridgehead atoms. The van der Waals surface area contributed by atoms with E-state index >= 15 is 0 Å². The summed E-state index contributed by atoms with van der Waals surface area (Å²) in [5.41, 5.74) is 0. The minimum Gasteiger partial charge on any atom is -0.478 e. The van der Waals surface area contributed by atoms with Crippen LogP contribution < -0.4 is 15.4 Å². The summed E-state index contributed by atoms with van der Waals surface area (Å²) in [6, 6.07) is 2.52. The highest BCUT2D eigenvalue weighted by Crippen LogP contribution is 2.12. The molecule has 0 radical (unpaired) electrons. The van der Waals surface area contributed by atoms with Crippen LogP contribution in [0, 0.1) is 0 Å². The number of hydrogen-bond acceptors (Lipinski definition) is 5. The Morgan fingerprint density at radius 2 is 2.44 bits per heavy atom. The maximum absolute atomic E-state index is 5.47. The van der Waals surface area contributed by atoms with Crippen LogP contribution in [0.2, 0.25) is 0 Å². The number of ether oxygens (including phenoxy) is 1. The molecule has 2 rings (SSSR count). The summed E-state index contributed by atoms with van der Waals surface area (Å²) in [4.78, 5) is 8.27. The van der Waals surface area contributed by atoms with Crippen LogP contribution in [-0.4, -0.2) is 35.7 Å². The van der Waals surface area contributed by atoms with Crippen LogP contribution >= 0.6 is 0 Å². The Hall–Kier alpha value is -1.36. The minimum atomic E-state index is 0.647. The van der Waals surface area contributed by atoms with E-state index in [0.29, 0.717) is 18.5 Å². The van der Waals surface area contributed by atoms with Crippen molar-refractivity contribution in [3.05, 3.63) is 12.4 Å². The molecule has 5 heteroatoms. The van der Waals surface area contributed by atoms with Gasteiger partial charge in [0.15, 0.2) is 0 Å². The molecule has 100 valence electrons. The van der Waals surface area contributed by atoms with E-state index in [2.05, 4.69) is 27.5 Å². The molecule has 1 unspecified atom stereocenters. The predicted molar refractivity (Wildman–Crippen MR) is 71.9 cm³/mol. The molecule has 0 aliphatic carbocycles. The van der Waals surface area contributed by atoms with E-state index in [0.717, 1.165) is 31.7 Å². The largest absolute Gasteiger partial charge is 0.478 e. The van der Waals surface area contributed by atoms with Gasteiger partial charge in [0.05, 0.1) is 6.61 Å². The van der Waals surface area contributed by atoms with Crippen LogP contribution in [0.5, 0.6) is 5.88 Å². The SMILES string of the molecule is CCCOc1cc(NCCC2CCCN2)ncn1. The predicted octanol–water partition coefficient (Wildman–Crippen LogP) is 1.82. The van der Waals surface area contributed by atoms with Gasteiger partial charge in [-0.2, -0.15) is 0 Å². The molecule has 5 nitrogen and oxygen atoms in total. The first-order valence-corrected chi connectivity index (χ1v) is 6.80. The monoisotopic (exact) mass is 250 g/mol. The molecule has 1 aliphatic heterocycles. The van der Waals surface area contributed by atoms with Crippen LogP contribution in [0.1, 0.15) is 32.6 Å². The van der Waals surface area contributed by atoms with Crippen LogP contribution in [0.3, 0.4) is 0 Å².